The lowest BCUT2D eigenvalue weighted by Gasteiger charge is -2.30. The highest BCUT2D eigenvalue weighted by molar-refractivity contribution is 4.83. The molecule has 2 atom stereocenters. The van der Waals surface area contributed by atoms with Gasteiger partial charge in [-0.05, 0) is 19.4 Å². The molecule has 0 bridgehead atoms. The Labute approximate surface area is 69.1 Å². The summed E-state index contributed by atoms with van der Waals surface area (Å²) < 4.78 is 41.3. The number of hydrogen-bond donors (Lipinski definition) is 1. The largest absolute Gasteiger partial charge is 0.403 e. The Kier molecular flexibility index (Phi) is 2.95. The molecule has 0 aromatic rings. The molecule has 0 aliphatic carbocycles. The summed E-state index contributed by atoms with van der Waals surface area (Å²) in [4.78, 5) is 0. The first-order valence-electron chi connectivity index (χ1n) is 3.87. The minimum absolute atomic E-state index is 0.0278. The molecule has 0 aromatic carbocycles. The molecule has 12 heavy (non-hydrogen) atoms. The maximum atomic E-state index is 12.1. The zero-order valence-corrected chi connectivity index (χ0v) is 6.82. The predicted molar refractivity (Wildman–Crippen MR) is 37.9 cm³/mol. The van der Waals surface area contributed by atoms with Crippen molar-refractivity contribution in [2.45, 2.75) is 31.2 Å². The van der Waals surface area contributed by atoms with Gasteiger partial charge in [0.15, 0.2) is 0 Å². The lowest BCUT2D eigenvalue weighted by molar-refractivity contribution is -0.168. The van der Waals surface area contributed by atoms with E-state index in [1.54, 1.807) is 0 Å². The summed E-state index contributed by atoms with van der Waals surface area (Å²) >= 11 is 0. The van der Waals surface area contributed by atoms with Gasteiger partial charge in [-0.25, -0.2) is 0 Å². The van der Waals surface area contributed by atoms with Gasteiger partial charge in [0.25, 0.3) is 0 Å². The average Bonchev–Trinajstić information content (AvgIpc) is 2.03. The van der Waals surface area contributed by atoms with Crippen LogP contribution in [0.4, 0.5) is 13.2 Å². The van der Waals surface area contributed by atoms with E-state index in [0.717, 1.165) is 0 Å². The Bertz CT molecular complexity index is 148. The van der Waals surface area contributed by atoms with Crippen LogP contribution < -0.4 is 5.32 Å². The summed E-state index contributed by atoms with van der Waals surface area (Å²) in [5, 5.41) is 2.42. The average molecular weight is 183 g/mol. The molecule has 1 fully saturated rings. The van der Waals surface area contributed by atoms with Gasteiger partial charge in [0.05, 0.1) is 6.10 Å². The lowest BCUT2D eigenvalue weighted by Crippen LogP contribution is -2.49. The second kappa shape index (κ2) is 3.62. The van der Waals surface area contributed by atoms with Gasteiger partial charge >= 0.3 is 6.18 Å². The van der Waals surface area contributed by atoms with Crippen LogP contribution >= 0.6 is 0 Å². The van der Waals surface area contributed by atoms with Crippen molar-refractivity contribution in [3.05, 3.63) is 0 Å². The topological polar surface area (TPSA) is 21.3 Å². The van der Waals surface area contributed by atoms with Crippen LogP contribution in [0.5, 0.6) is 0 Å². The van der Waals surface area contributed by atoms with E-state index in [2.05, 4.69) is 5.32 Å². The zero-order valence-electron chi connectivity index (χ0n) is 6.82. The highest BCUT2D eigenvalue weighted by Gasteiger charge is 2.42. The molecule has 0 aromatic heterocycles. The van der Waals surface area contributed by atoms with Gasteiger partial charge in [0, 0.05) is 7.11 Å². The van der Waals surface area contributed by atoms with Gasteiger partial charge < -0.3 is 10.1 Å². The van der Waals surface area contributed by atoms with Crippen LogP contribution in [0.15, 0.2) is 0 Å². The summed E-state index contributed by atoms with van der Waals surface area (Å²) in [7, 11) is 1.45. The van der Waals surface area contributed by atoms with E-state index >= 15 is 0 Å². The van der Waals surface area contributed by atoms with Crippen LogP contribution in [0, 0.1) is 0 Å². The molecule has 0 amide bonds. The van der Waals surface area contributed by atoms with Crippen molar-refractivity contribution >= 4 is 0 Å². The molecule has 0 spiro atoms. The maximum Gasteiger partial charge on any atom is 0.403 e. The van der Waals surface area contributed by atoms with Crippen molar-refractivity contribution in [2.75, 3.05) is 13.7 Å². The van der Waals surface area contributed by atoms with E-state index in [1.807, 2.05) is 0 Å². The minimum Gasteiger partial charge on any atom is -0.381 e. The second-order valence-corrected chi connectivity index (χ2v) is 2.93. The van der Waals surface area contributed by atoms with Crippen LogP contribution in [0.3, 0.4) is 0 Å². The van der Waals surface area contributed by atoms with Gasteiger partial charge in [0.2, 0.25) is 0 Å². The van der Waals surface area contributed by atoms with Crippen molar-refractivity contribution in [3.63, 3.8) is 0 Å². The number of halogens is 3. The van der Waals surface area contributed by atoms with E-state index in [4.69, 9.17) is 4.74 Å². The Hall–Kier alpha value is -0.290. The third kappa shape index (κ3) is 2.35. The van der Waals surface area contributed by atoms with E-state index < -0.39 is 12.2 Å². The third-order valence-corrected chi connectivity index (χ3v) is 2.08. The number of piperidine rings is 1. The van der Waals surface area contributed by atoms with Crippen molar-refractivity contribution in [1.29, 1.82) is 0 Å². The fraction of sp³-hybridized carbons (Fsp3) is 1.00. The summed E-state index contributed by atoms with van der Waals surface area (Å²) in [5.74, 6) is 0. The molecule has 1 saturated heterocycles. The third-order valence-electron chi connectivity index (χ3n) is 2.08. The summed E-state index contributed by atoms with van der Waals surface area (Å²) in [6.45, 7) is 0.378. The zero-order chi connectivity index (χ0) is 9.19. The quantitative estimate of drug-likeness (QED) is 0.661. The Morgan fingerprint density at radius 2 is 2.08 bits per heavy atom. The smallest absolute Gasteiger partial charge is 0.381 e. The monoisotopic (exact) mass is 183 g/mol. The first kappa shape index (κ1) is 9.80. The molecule has 1 heterocycles. The molecule has 2 nitrogen and oxygen atoms in total. The Morgan fingerprint density at radius 3 is 2.58 bits per heavy atom. The molecule has 72 valence electrons. The van der Waals surface area contributed by atoms with Crippen LogP contribution in [0.2, 0.25) is 0 Å². The van der Waals surface area contributed by atoms with Crippen molar-refractivity contribution < 1.29 is 17.9 Å². The number of methoxy groups -OCH3 is 1. The van der Waals surface area contributed by atoms with E-state index in [9.17, 15) is 13.2 Å². The number of alkyl halides is 3. The first-order valence-corrected chi connectivity index (χ1v) is 3.87. The molecule has 1 rings (SSSR count). The fourth-order valence-electron chi connectivity index (χ4n) is 1.35. The Balaban J connectivity index is 2.46. The highest BCUT2D eigenvalue weighted by Crippen LogP contribution is 2.26. The first-order chi connectivity index (χ1) is 5.54. The molecule has 1 aliphatic heterocycles. The molecular formula is C7H12F3NO. The molecule has 1 aliphatic rings. The molecule has 5 heteroatoms. The second-order valence-electron chi connectivity index (χ2n) is 2.93. The van der Waals surface area contributed by atoms with Crippen molar-refractivity contribution in [1.82, 2.24) is 5.32 Å². The number of nitrogens with one attached hydrogen (secondary N) is 1. The molecule has 0 saturated carbocycles. The van der Waals surface area contributed by atoms with Gasteiger partial charge in [0.1, 0.15) is 6.04 Å². The highest BCUT2D eigenvalue weighted by atomic mass is 19.4. The number of rotatable bonds is 1. The fourth-order valence-corrected chi connectivity index (χ4v) is 1.35. The van der Waals surface area contributed by atoms with Crippen LogP contribution in [-0.2, 0) is 4.74 Å². The standard InChI is InChI=1S/C7H12F3NO/c1-12-5-2-3-11-6(4-5)7(8,9)10/h5-6,11H,2-4H2,1H3/t5-,6-/m0/s1. The molecule has 0 unspecified atom stereocenters. The minimum atomic E-state index is -4.14. The van der Waals surface area contributed by atoms with E-state index in [1.165, 1.54) is 7.11 Å². The van der Waals surface area contributed by atoms with Gasteiger partial charge in [-0.3, -0.25) is 0 Å². The number of hydrogen-bond acceptors (Lipinski definition) is 2. The number of ether oxygens (including phenoxy) is 1. The predicted octanol–water partition coefficient (Wildman–Crippen LogP) is 1.32. The maximum absolute atomic E-state index is 12.1. The van der Waals surface area contributed by atoms with Gasteiger partial charge in [-0.2, -0.15) is 13.2 Å². The summed E-state index contributed by atoms with van der Waals surface area (Å²) in [6, 6.07) is -1.39. The van der Waals surface area contributed by atoms with Gasteiger partial charge in [-0.1, -0.05) is 0 Å². The van der Waals surface area contributed by atoms with Crippen molar-refractivity contribution in [2.24, 2.45) is 0 Å². The SMILES string of the molecule is CO[C@H]1CCN[C@H](C(F)(F)F)C1. The van der Waals surface area contributed by atoms with Crippen molar-refractivity contribution in [3.8, 4) is 0 Å². The lowest BCUT2D eigenvalue weighted by atomic mass is 10.0. The summed E-state index contributed by atoms with van der Waals surface area (Å²) in [6.07, 6.45) is -3.71. The van der Waals surface area contributed by atoms with Crippen LogP contribution in [0.25, 0.3) is 0 Å². The molecule has 1 N–H and O–H groups in total. The molecule has 0 radical (unpaired) electrons. The molecular weight excluding hydrogens is 171 g/mol. The van der Waals surface area contributed by atoms with Gasteiger partial charge in [-0.15, -0.1) is 0 Å². The van der Waals surface area contributed by atoms with Crippen LogP contribution in [-0.4, -0.2) is 32.0 Å². The van der Waals surface area contributed by atoms with E-state index in [-0.39, 0.29) is 12.5 Å². The Morgan fingerprint density at radius 1 is 1.42 bits per heavy atom. The van der Waals surface area contributed by atoms with E-state index in [0.29, 0.717) is 13.0 Å². The summed E-state index contributed by atoms with van der Waals surface area (Å²) in [5.41, 5.74) is 0. The normalized spacial score (nSPS) is 32.0. The van der Waals surface area contributed by atoms with Crippen LogP contribution in [0.1, 0.15) is 12.8 Å².